The molecule has 6 atom stereocenters. The second kappa shape index (κ2) is 39.0. The van der Waals surface area contributed by atoms with Crippen molar-refractivity contribution < 1.29 is 56.8 Å². The van der Waals surface area contributed by atoms with E-state index in [1.165, 1.54) is 64.2 Å². The third-order valence-electron chi connectivity index (χ3n) is 10.9. The highest BCUT2D eigenvalue weighted by atomic mass is 32.2. The van der Waals surface area contributed by atoms with Crippen molar-refractivity contribution in [3.8, 4) is 0 Å². The van der Waals surface area contributed by atoms with Crippen molar-refractivity contribution in [2.24, 2.45) is 0 Å². The molecule has 0 amide bonds. The molecule has 6 unspecified atom stereocenters. The van der Waals surface area contributed by atoms with Crippen LogP contribution < -0.4 is 0 Å². The number of carbonyl (C=O) groups excluding carboxylic acids is 2. The zero-order chi connectivity index (χ0) is 45.5. The molecular formula is C49H86O12S. The maximum atomic E-state index is 12.8. The lowest BCUT2D eigenvalue weighted by Crippen LogP contribution is -2.60. The van der Waals surface area contributed by atoms with Gasteiger partial charge in [0, 0.05) is 12.8 Å². The first-order valence-electron chi connectivity index (χ1n) is 24.2. The molecule has 360 valence electrons. The molecular weight excluding hydrogens is 813 g/mol. The van der Waals surface area contributed by atoms with Gasteiger partial charge in [0.2, 0.25) is 0 Å². The maximum Gasteiger partial charge on any atom is 0.306 e. The Kier molecular flexibility index (Phi) is 36.3. The number of esters is 2. The van der Waals surface area contributed by atoms with Crippen LogP contribution in [-0.4, -0.2) is 96.0 Å². The van der Waals surface area contributed by atoms with Crippen LogP contribution in [0.5, 0.6) is 0 Å². The molecule has 1 heterocycles. The first kappa shape index (κ1) is 57.6. The lowest BCUT2D eigenvalue weighted by Gasteiger charge is -2.40. The molecule has 13 heteroatoms. The molecule has 62 heavy (non-hydrogen) atoms. The zero-order valence-corrected chi connectivity index (χ0v) is 39.3. The Labute approximate surface area is 375 Å². The Bertz CT molecular complexity index is 1330. The number of allylic oxidation sites excluding steroid dienone is 8. The van der Waals surface area contributed by atoms with Crippen LogP contribution in [0.4, 0.5) is 0 Å². The van der Waals surface area contributed by atoms with Gasteiger partial charge < -0.3 is 34.3 Å². The fourth-order valence-electron chi connectivity index (χ4n) is 7.09. The Morgan fingerprint density at radius 2 is 0.968 bits per heavy atom. The van der Waals surface area contributed by atoms with Crippen molar-refractivity contribution in [3.63, 3.8) is 0 Å². The smallest absolute Gasteiger partial charge is 0.306 e. The molecule has 0 aromatic carbocycles. The van der Waals surface area contributed by atoms with E-state index in [2.05, 4.69) is 62.5 Å². The van der Waals surface area contributed by atoms with Crippen LogP contribution in [0.15, 0.2) is 48.6 Å². The molecule has 0 bridgehead atoms. The number of carbonyl (C=O) groups is 2. The van der Waals surface area contributed by atoms with E-state index < -0.39 is 71.2 Å². The maximum absolute atomic E-state index is 12.8. The van der Waals surface area contributed by atoms with Gasteiger partial charge in [0.1, 0.15) is 36.8 Å². The van der Waals surface area contributed by atoms with Gasteiger partial charge in [-0.15, -0.1) is 0 Å². The van der Waals surface area contributed by atoms with E-state index in [4.69, 9.17) is 18.9 Å². The zero-order valence-electron chi connectivity index (χ0n) is 38.5. The summed E-state index contributed by atoms with van der Waals surface area (Å²) in [6, 6.07) is 0. The van der Waals surface area contributed by atoms with Gasteiger partial charge in [0.15, 0.2) is 12.4 Å². The van der Waals surface area contributed by atoms with E-state index in [0.29, 0.717) is 12.8 Å². The van der Waals surface area contributed by atoms with Crippen LogP contribution in [0.3, 0.4) is 0 Å². The molecule has 1 aliphatic heterocycles. The molecule has 0 radical (unpaired) electrons. The van der Waals surface area contributed by atoms with Crippen LogP contribution in [0.1, 0.15) is 194 Å². The van der Waals surface area contributed by atoms with E-state index in [-0.39, 0.29) is 19.4 Å². The van der Waals surface area contributed by atoms with Crippen molar-refractivity contribution >= 4 is 22.1 Å². The minimum Gasteiger partial charge on any atom is -0.462 e. The molecule has 1 aliphatic rings. The van der Waals surface area contributed by atoms with Gasteiger partial charge in [-0.25, -0.2) is 0 Å². The number of hydrogen-bond acceptors (Lipinski definition) is 11. The van der Waals surface area contributed by atoms with Crippen molar-refractivity contribution in [2.75, 3.05) is 19.0 Å². The van der Waals surface area contributed by atoms with Crippen LogP contribution in [-0.2, 0) is 38.7 Å². The third-order valence-corrected chi connectivity index (χ3v) is 11.6. The lowest BCUT2D eigenvalue weighted by molar-refractivity contribution is -0.297. The molecule has 1 saturated heterocycles. The molecule has 1 rings (SSSR count). The number of unbranched alkanes of at least 4 members (excludes halogenated alkanes) is 20. The van der Waals surface area contributed by atoms with Gasteiger partial charge in [-0.2, -0.15) is 8.42 Å². The predicted molar refractivity (Wildman–Crippen MR) is 247 cm³/mol. The van der Waals surface area contributed by atoms with E-state index in [1.807, 2.05) is 0 Å². The minimum absolute atomic E-state index is 0.147. The quantitative estimate of drug-likeness (QED) is 0.0198. The fraction of sp³-hybridized carbons (Fsp3) is 0.796. The van der Waals surface area contributed by atoms with E-state index in [9.17, 15) is 37.9 Å². The van der Waals surface area contributed by atoms with Gasteiger partial charge in [0.05, 0.1) is 6.61 Å². The second-order valence-corrected chi connectivity index (χ2v) is 18.3. The number of ether oxygens (including phenoxy) is 4. The summed E-state index contributed by atoms with van der Waals surface area (Å²) in [5.41, 5.74) is 0. The molecule has 0 aliphatic carbocycles. The molecule has 0 spiro atoms. The third kappa shape index (κ3) is 33.2. The van der Waals surface area contributed by atoms with Crippen LogP contribution >= 0.6 is 0 Å². The van der Waals surface area contributed by atoms with E-state index >= 15 is 0 Å². The average molecular weight is 899 g/mol. The Hall–Kier alpha value is -2.39. The first-order chi connectivity index (χ1) is 30.0. The SMILES string of the molecule is CCCCC/C=C\C/C=C\C/C=C\CCCCCCCCC(=O)OC(COC(=O)CCCCCCC/C=C\CCCCCCCC)COC1OC(CS(=O)(=O)O)C(O)C(O)C1O. The summed E-state index contributed by atoms with van der Waals surface area (Å²) in [4.78, 5) is 25.5. The highest BCUT2D eigenvalue weighted by molar-refractivity contribution is 7.85. The summed E-state index contributed by atoms with van der Waals surface area (Å²) in [5, 5.41) is 30.9. The molecule has 1 fully saturated rings. The van der Waals surface area contributed by atoms with Gasteiger partial charge in [-0.05, 0) is 77.0 Å². The van der Waals surface area contributed by atoms with Crippen LogP contribution in [0, 0.1) is 0 Å². The average Bonchev–Trinajstić information content (AvgIpc) is 3.24. The topological polar surface area (TPSA) is 186 Å². The summed E-state index contributed by atoms with van der Waals surface area (Å²) in [5.74, 6) is -2.01. The molecule has 4 N–H and O–H groups in total. The number of aliphatic hydroxyl groups is 3. The van der Waals surface area contributed by atoms with Gasteiger partial charge in [-0.3, -0.25) is 14.1 Å². The number of hydrogen-bond donors (Lipinski definition) is 4. The van der Waals surface area contributed by atoms with Crippen molar-refractivity contribution in [2.45, 2.75) is 230 Å². The monoisotopic (exact) mass is 899 g/mol. The van der Waals surface area contributed by atoms with Crippen molar-refractivity contribution in [1.82, 2.24) is 0 Å². The highest BCUT2D eigenvalue weighted by Crippen LogP contribution is 2.24. The summed E-state index contributed by atoms with van der Waals surface area (Å²) < 4.78 is 54.1. The second-order valence-electron chi connectivity index (χ2n) is 16.8. The van der Waals surface area contributed by atoms with Crippen LogP contribution in [0.25, 0.3) is 0 Å². The molecule has 0 aromatic heterocycles. The summed E-state index contributed by atoms with van der Waals surface area (Å²) in [6.07, 6.45) is 37.1. The molecule has 0 aromatic rings. The fourth-order valence-corrected chi connectivity index (χ4v) is 7.78. The number of aliphatic hydroxyl groups excluding tert-OH is 3. The normalized spacial score (nSPS) is 20.3. The minimum atomic E-state index is -4.61. The predicted octanol–water partition coefficient (Wildman–Crippen LogP) is 10.3. The van der Waals surface area contributed by atoms with E-state index in [1.54, 1.807) is 0 Å². The Morgan fingerprint density at radius 3 is 1.48 bits per heavy atom. The Morgan fingerprint density at radius 1 is 0.548 bits per heavy atom. The van der Waals surface area contributed by atoms with Crippen LogP contribution in [0.2, 0.25) is 0 Å². The van der Waals surface area contributed by atoms with Crippen molar-refractivity contribution in [1.29, 1.82) is 0 Å². The molecule has 0 saturated carbocycles. The highest BCUT2D eigenvalue weighted by Gasteiger charge is 2.46. The largest absolute Gasteiger partial charge is 0.462 e. The number of rotatable bonds is 40. The van der Waals surface area contributed by atoms with Crippen molar-refractivity contribution in [3.05, 3.63) is 48.6 Å². The lowest BCUT2D eigenvalue weighted by atomic mass is 10.00. The van der Waals surface area contributed by atoms with E-state index in [0.717, 1.165) is 89.9 Å². The summed E-state index contributed by atoms with van der Waals surface area (Å²) in [7, 11) is -4.61. The summed E-state index contributed by atoms with van der Waals surface area (Å²) in [6.45, 7) is 3.72. The van der Waals surface area contributed by atoms with Gasteiger partial charge in [-0.1, -0.05) is 152 Å². The first-order valence-corrected chi connectivity index (χ1v) is 25.8. The van der Waals surface area contributed by atoms with Gasteiger partial charge >= 0.3 is 11.9 Å². The molecule has 12 nitrogen and oxygen atoms in total. The standard InChI is InChI=1S/C49H86O12S/c1-3-5-7-9-11-13-15-17-19-20-21-22-24-26-28-30-32-34-36-38-45(51)60-42(40-59-49-48(54)47(53)46(52)43(61-49)41-62(55,56)57)39-58-44(50)37-35-33-31-29-27-25-23-18-16-14-12-10-8-6-4-2/h11,13,17-19,21-23,42-43,46-49,52-54H,3-10,12,14-16,20,24-41H2,1-2H3,(H,55,56,57)/b13-11-,19-17-,22-21-,23-18-. The summed E-state index contributed by atoms with van der Waals surface area (Å²) >= 11 is 0. The Balaban J connectivity index is 2.43. The van der Waals surface area contributed by atoms with Gasteiger partial charge in [0.25, 0.3) is 10.1 Å².